The molecule has 10 heteroatoms. The van der Waals surface area contributed by atoms with Crippen LogP contribution in [0.15, 0.2) is 71.6 Å². The number of hydrogen-bond donors (Lipinski definition) is 1. The molecule has 36 heavy (non-hydrogen) atoms. The van der Waals surface area contributed by atoms with Crippen molar-refractivity contribution in [1.29, 1.82) is 0 Å². The van der Waals surface area contributed by atoms with E-state index in [1.807, 2.05) is 24.3 Å². The van der Waals surface area contributed by atoms with Crippen LogP contribution in [0, 0.1) is 5.82 Å². The van der Waals surface area contributed by atoms with E-state index >= 15 is 0 Å². The first-order valence-corrected chi connectivity index (χ1v) is 13.0. The molecule has 0 bridgehead atoms. The van der Waals surface area contributed by atoms with Crippen LogP contribution in [0.25, 0.3) is 0 Å². The molecule has 0 aromatic heterocycles. The summed E-state index contributed by atoms with van der Waals surface area (Å²) in [6.07, 6.45) is 0.927. The fraction of sp³-hybridized carbons (Fsp3) is 0.269. The molecule has 0 unspecified atom stereocenters. The van der Waals surface area contributed by atoms with E-state index in [4.69, 9.17) is 14.2 Å². The van der Waals surface area contributed by atoms with Gasteiger partial charge in [-0.1, -0.05) is 19.1 Å². The summed E-state index contributed by atoms with van der Waals surface area (Å²) in [6, 6.07) is 16.8. The number of rotatable bonds is 10. The lowest BCUT2D eigenvalue weighted by Gasteiger charge is -2.25. The van der Waals surface area contributed by atoms with Crippen LogP contribution in [-0.2, 0) is 21.2 Å². The second-order valence-corrected chi connectivity index (χ2v) is 9.85. The third kappa shape index (κ3) is 6.06. The van der Waals surface area contributed by atoms with Crippen LogP contribution < -0.4 is 23.8 Å². The summed E-state index contributed by atoms with van der Waals surface area (Å²) in [7, 11) is -4.19. The van der Waals surface area contributed by atoms with Gasteiger partial charge in [0.15, 0.2) is 11.5 Å². The summed E-state index contributed by atoms with van der Waals surface area (Å²) >= 11 is 0. The van der Waals surface area contributed by atoms with Gasteiger partial charge < -0.3 is 19.5 Å². The quantitative estimate of drug-likeness (QED) is 0.416. The Morgan fingerprint density at radius 2 is 1.69 bits per heavy atom. The molecular formula is C26H27FN2O6S. The van der Waals surface area contributed by atoms with E-state index in [9.17, 15) is 17.6 Å². The van der Waals surface area contributed by atoms with Gasteiger partial charge in [0.2, 0.25) is 5.91 Å². The first kappa shape index (κ1) is 25.3. The van der Waals surface area contributed by atoms with Crippen molar-refractivity contribution in [3.63, 3.8) is 0 Å². The van der Waals surface area contributed by atoms with Gasteiger partial charge in [-0.15, -0.1) is 0 Å². The highest BCUT2D eigenvalue weighted by molar-refractivity contribution is 7.92. The Morgan fingerprint density at radius 1 is 1.00 bits per heavy atom. The zero-order valence-corrected chi connectivity index (χ0v) is 20.6. The van der Waals surface area contributed by atoms with Crippen molar-refractivity contribution in [2.45, 2.75) is 18.2 Å². The molecule has 0 saturated heterocycles. The fourth-order valence-corrected chi connectivity index (χ4v) is 5.04. The van der Waals surface area contributed by atoms with Gasteiger partial charge in [0, 0.05) is 6.07 Å². The maximum Gasteiger partial charge on any atom is 0.264 e. The van der Waals surface area contributed by atoms with E-state index in [1.165, 1.54) is 35.9 Å². The Bertz CT molecular complexity index is 1300. The predicted octanol–water partition coefficient (Wildman–Crippen LogP) is 3.55. The molecule has 0 spiro atoms. The lowest BCUT2D eigenvalue weighted by Crippen LogP contribution is -2.42. The number of aryl methyl sites for hydroxylation is 1. The minimum Gasteiger partial charge on any atom is -0.492 e. The summed E-state index contributed by atoms with van der Waals surface area (Å²) in [5.74, 6) is 0.357. The van der Waals surface area contributed by atoms with Crippen molar-refractivity contribution in [1.82, 2.24) is 5.32 Å². The minimum atomic E-state index is -4.19. The second kappa shape index (κ2) is 11.3. The van der Waals surface area contributed by atoms with E-state index in [-0.39, 0.29) is 23.7 Å². The van der Waals surface area contributed by atoms with Crippen molar-refractivity contribution in [3.8, 4) is 17.2 Å². The zero-order chi connectivity index (χ0) is 25.5. The van der Waals surface area contributed by atoms with E-state index in [0.29, 0.717) is 30.5 Å². The molecule has 0 aliphatic carbocycles. The van der Waals surface area contributed by atoms with Gasteiger partial charge in [-0.3, -0.25) is 9.10 Å². The first-order chi connectivity index (χ1) is 17.4. The zero-order valence-electron chi connectivity index (χ0n) is 19.8. The number of amides is 1. The number of halogens is 1. The fourth-order valence-electron chi connectivity index (χ4n) is 3.60. The molecule has 8 nitrogen and oxygen atoms in total. The number of carbonyl (C=O) groups excluding carboxylic acids is 1. The SMILES string of the molecule is CCc1ccc(OCCNC(=O)CN(c2ccc(F)cc2)S(=O)(=O)c2ccc3c(c2)OCCO3)cc1. The predicted molar refractivity (Wildman–Crippen MR) is 133 cm³/mol. The molecule has 3 aromatic rings. The number of nitrogens with one attached hydrogen (secondary N) is 1. The topological polar surface area (TPSA) is 94.2 Å². The van der Waals surface area contributed by atoms with Gasteiger partial charge in [-0.25, -0.2) is 12.8 Å². The Labute approximate surface area is 209 Å². The van der Waals surface area contributed by atoms with Crippen LogP contribution in [0.4, 0.5) is 10.1 Å². The van der Waals surface area contributed by atoms with Gasteiger partial charge in [-0.2, -0.15) is 0 Å². The van der Waals surface area contributed by atoms with Crippen LogP contribution in [-0.4, -0.2) is 47.2 Å². The number of sulfonamides is 1. The summed E-state index contributed by atoms with van der Waals surface area (Å²) < 4.78 is 58.1. The monoisotopic (exact) mass is 514 g/mol. The molecule has 1 aliphatic rings. The van der Waals surface area contributed by atoms with Crippen molar-refractivity contribution in [2.24, 2.45) is 0 Å². The van der Waals surface area contributed by atoms with E-state index in [2.05, 4.69) is 12.2 Å². The lowest BCUT2D eigenvalue weighted by atomic mass is 10.2. The molecule has 0 atom stereocenters. The molecule has 1 N–H and O–H groups in total. The highest BCUT2D eigenvalue weighted by Gasteiger charge is 2.29. The number of carbonyl (C=O) groups is 1. The molecule has 4 rings (SSSR count). The van der Waals surface area contributed by atoms with Gasteiger partial charge in [-0.05, 0) is 60.5 Å². The summed E-state index contributed by atoms with van der Waals surface area (Å²) in [6.45, 7) is 2.61. The Hall–Kier alpha value is -3.79. The molecule has 1 aliphatic heterocycles. The molecule has 190 valence electrons. The van der Waals surface area contributed by atoms with E-state index < -0.39 is 28.3 Å². The first-order valence-electron chi connectivity index (χ1n) is 11.5. The van der Waals surface area contributed by atoms with E-state index in [0.717, 1.165) is 22.9 Å². The van der Waals surface area contributed by atoms with Crippen LogP contribution in [0.3, 0.4) is 0 Å². The molecule has 0 saturated carbocycles. The number of nitrogens with zero attached hydrogens (tertiary/aromatic N) is 1. The normalized spacial score (nSPS) is 12.6. The Kier molecular flexibility index (Phi) is 7.94. The number of hydrogen-bond acceptors (Lipinski definition) is 6. The lowest BCUT2D eigenvalue weighted by molar-refractivity contribution is -0.119. The molecular weight excluding hydrogens is 487 g/mol. The van der Waals surface area contributed by atoms with Gasteiger partial charge >= 0.3 is 0 Å². The molecule has 0 fully saturated rings. The van der Waals surface area contributed by atoms with Gasteiger partial charge in [0.1, 0.15) is 37.9 Å². The van der Waals surface area contributed by atoms with Crippen molar-refractivity contribution < 1.29 is 31.8 Å². The van der Waals surface area contributed by atoms with Gasteiger partial charge in [0.05, 0.1) is 17.1 Å². The number of anilines is 1. The summed E-state index contributed by atoms with van der Waals surface area (Å²) in [4.78, 5) is 12.6. The Morgan fingerprint density at radius 3 is 2.39 bits per heavy atom. The number of ether oxygens (including phenoxy) is 3. The average molecular weight is 515 g/mol. The van der Waals surface area contributed by atoms with E-state index in [1.54, 1.807) is 0 Å². The average Bonchev–Trinajstić information content (AvgIpc) is 2.90. The second-order valence-electron chi connectivity index (χ2n) is 7.99. The highest BCUT2D eigenvalue weighted by Crippen LogP contribution is 2.34. The smallest absolute Gasteiger partial charge is 0.264 e. The van der Waals surface area contributed by atoms with Crippen LogP contribution in [0.1, 0.15) is 12.5 Å². The summed E-state index contributed by atoms with van der Waals surface area (Å²) in [5, 5.41) is 2.67. The van der Waals surface area contributed by atoms with Gasteiger partial charge in [0.25, 0.3) is 10.0 Å². The molecule has 1 amide bonds. The van der Waals surface area contributed by atoms with Crippen molar-refractivity contribution >= 4 is 21.6 Å². The van der Waals surface area contributed by atoms with Crippen LogP contribution in [0.5, 0.6) is 17.2 Å². The highest BCUT2D eigenvalue weighted by atomic mass is 32.2. The summed E-state index contributed by atoms with van der Waals surface area (Å²) in [5.41, 5.74) is 1.34. The maximum absolute atomic E-state index is 13.5. The number of benzene rings is 3. The maximum atomic E-state index is 13.5. The third-order valence-electron chi connectivity index (χ3n) is 5.53. The molecule has 0 radical (unpaired) electrons. The largest absolute Gasteiger partial charge is 0.492 e. The third-order valence-corrected chi connectivity index (χ3v) is 7.30. The molecule has 1 heterocycles. The molecule has 3 aromatic carbocycles. The Balaban J connectivity index is 1.45. The number of fused-ring (bicyclic) bond motifs is 1. The van der Waals surface area contributed by atoms with Crippen molar-refractivity contribution in [2.75, 3.05) is 37.2 Å². The standard InChI is InChI=1S/C26H27FN2O6S/c1-2-19-3-9-22(10-4-19)33-14-13-28-26(30)18-29(21-7-5-20(27)6-8-21)36(31,32)23-11-12-24-25(17-23)35-16-15-34-24/h3-12,17H,2,13-16,18H2,1H3,(H,28,30). The van der Waals surface area contributed by atoms with Crippen LogP contribution >= 0.6 is 0 Å². The van der Waals surface area contributed by atoms with Crippen molar-refractivity contribution in [3.05, 3.63) is 78.1 Å². The van der Waals surface area contributed by atoms with Crippen LogP contribution in [0.2, 0.25) is 0 Å². The minimum absolute atomic E-state index is 0.0808.